The Bertz CT molecular complexity index is 915. The number of carbonyl (C=O) groups is 1. The zero-order valence-corrected chi connectivity index (χ0v) is 16.1. The smallest absolute Gasteiger partial charge is 0.267 e. The largest absolute Gasteiger partial charge is 0.357 e. The first-order valence-corrected chi connectivity index (χ1v) is 10.0. The molecule has 0 radical (unpaired) electrons. The Kier molecular flexibility index (Phi) is 5.16. The molecule has 138 valence electrons. The minimum atomic E-state index is -0.125. The standard InChI is InChI=1S/C21H22N4OS/c1-15-20(27-19(23-15)13-16-7-3-2-4-8-16)21(26)24-17-9-10-18(22-14-17)25-11-5-6-12-25/h2-4,7-10,14H,5-6,11-13H2,1H3,(H,24,26). The van der Waals surface area contributed by atoms with E-state index >= 15 is 0 Å². The second-order valence-electron chi connectivity index (χ2n) is 6.74. The Morgan fingerprint density at radius 2 is 1.93 bits per heavy atom. The number of nitrogens with one attached hydrogen (secondary N) is 1. The van der Waals surface area contributed by atoms with Gasteiger partial charge < -0.3 is 10.2 Å². The van der Waals surface area contributed by atoms with Crippen molar-refractivity contribution in [1.82, 2.24) is 9.97 Å². The Morgan fingerprint density at radius 3 is 2.63 bits per heavy atom. The topological polar surface area (TPSA) is 58.1 Å². The van der Waals surface area contributed by atoms with Gasteiger partial charge in [-0.15, -0.1) is 11.3 Å². The minimum absolute atomic E-state index is 0.125. The number of aryl methyl sites for hydroxylation is 1. The Labute approximate surface area is 163 Å². The molecule has 1 fully saturated rings. The molecule has 3 heterocycles. The van der Waals surface area contributed by atoms with Gasteiger partial charge in [-0.1, -0.05) is 30.3 Å². The first-order valence-electron chi connectivity index (χ1n) is 9.21. The minimum Gasteiger partial charge on any atom is -0.357 e. The zero-order chi connectivity index (χ0) is 18.6. The number of anilines is 2. The number of benzene rings is 1. The molecule has 0 saturated carbocycles. The molecule has 6 heteroatoms. The normalized spacial score (nSPS) is 13.7. The molecular weight excluding hydrogens is 356 g/mol. The van der Waals surface area contributed by atoms with Crippen molar-refractivity contribution < 1.29 is 4.79 Å². The van der Waals surface area contributed by atoms with E-state index in [1.165, 1.54) is 29.7 Å². The van der Waals surface area contributed by atoms with Gasteiger partial charge in [0.1, 0.15) is 10.7 Å². The fraction of sp³-hybridized carbons (Fsp3) is 0.286. The number of hydrogen-bond acceptors (Lipinski definition) is 5. The van der Waals surface area contributed by atoms with Gasteiger partial charge >= 0.3 is 0 Å². The predicted octanol–water partition coefficient (Wildman–Crippen LogP) is 4.29. The average molecular weight is 379 g/mol. The maximum atomic E-state index is 12.7. The summed E-state index contributed by atoms with van der Waals surface area (Å²) in [5.74, 6) is 0.852. The lowest BCUT2D eigenvalue weighted by atomic mass is 10.2. The SMILES string of the molecule is Cc1nc(Cc2ccccc2)sc1C(=O)Nc1ccc(N2CCCC2)nc1. The molecule has 1 aromatic carbocycles. The lowest BCUT2D eigenvalue weighted by molar-refractivity contribution is 0.103. The Morgan fingerprint density at radius 1 is 1.15 bits per heavy atom. The molecule has 5 nitrogen and oxygen atoms in total. The quantitative estimate of drug-likeness (QED) is 0.719. The molecule has 27 heavy (non-hydrogen) atoms. The highest BCUT2D eigenvalue weighted by atomic mass is 32.1. The van der Waals surface area contributed by atoms with Crippen LogP contribution in [0.25, 0.3) is 0 Å². The molecule has 0 atom stereocenters. The number of aromatic nitrogens is 2. The van der Waals surface area contributed by atoms with Crippen LogP contribution in [0.3, 0.4) is 0 Å². The summed E-state index contributed by atoms with van der Waals surface area (Å²) in [6, 6.07) is 14.1. The van der Waals surface area contributed by atoms with Crippen LogP contribution in [0.1, 0.15) is 38.8 Å². The van der Waals surface area contributed by atoms with Crippen LogP contribution in [-0.4, -0.2) is 29.0 Å². The predicted molar refractivity (Wildman–Crippen MR) is 110 cm³/mol. The fourth-order valence-electron chi connectivity index (χ4n) is 3.29. The maximum Gasteiger partial charge on any atom is 0.267 e. The van der Waals surface area contributed by atoms with Crippen LogP contribution in [-0.2, 0) is 6.42 Å². The van der Waals surface area contributed by atoms with Crippen LogP contribution >= 0.6 is 11.3 Å². The van der Waals surface area contributed by atoms with E-state index in [-0.39, 0.29) is 5.91 Å². The van der Waals surface area contributed by atoms with Crippen LogP contribution < -0.4 is 10.2 Å². The van der Waals surface area contributed by atoms with Crippen molar-refractivity contribution in [3.63, 3.8) is 0 Å². The van der Waals surface area contributed by atoms with E-state index in [1.807, 2.05) is 37.3 Å². The maximum absolute atomic E-state index is 12.7. The lowest BCUT2D eigenvalue weighted by Gasteiger charge is -2.16. The number of thiazole rings is 1. The summed E-state index contributed by atoms with van der Waals surface area (Å²) in [5, 5.41) is 3.89. The van der Waals surface area contributed by atoms with Gasteiger partial charge in [0.05, 0.1) is 22.6 Å². The van der Waals surface area contributed by atoms with E-state index in [2.05, 4.69) is 32.3 Å². The second-order valence-corrected chi connectivity index (χ2v) is 7.82. The van der Waals surface area contributed by atoms with E-state index < -0.39 is 0 Å². The van der Waals surface area contributed by atoms with Crippen LogP contribution in [0.4, 0.5) is 11.5 Å². The fourth-order valence-corrected chi connectivity index (χ4v) is 4.28. The third-order valence-corrected chi connectivity index (χ3v) is 5.84. The van der Waals surface area contributed by atoms with E-state index in [4.69, 9.17) is 0 Å². The number of rotatable bonds is 5. The van der Waals surface area contributed by atoms with Gasteiger partial charge in [0.25, 0.3) is 5.91 Å². The van der Waals surface area contributed by atoms with E-state index in [0.29, 0.717) is 10.6 Å². The Balaban J connectivity index is 1.43. The van der Waals surface area contributed by atoms with Crippen molar-refractivity contribution >= 4 is 28.7 Å². The van der Waals surface area contributed by atoms with Gasteiger partial charge in [0.15, 0.2) is 0 Å². The van der Waals surface area contributed by atoms with E-state index in [9.17, 15) is 4.79 Å². The van der Waals surface area contributed by atoms with Gasteiger partial charge in [0, 0.05) is 19.5 Å². The molecule has 2 aromatic heterocycles. The number of amides is 1. The van der Waals surface area contributed by atoms with Crippen LogP contribution in [0.15, 0.2) is 48.7 Å². The van der Waals surface area contributed by atoms with Crippen molar-refractivity contribution in [3.05, 3.63) is 69.8 Å². The number of nitrogens with zero attached hydrogens (tertiary/aromatic N) is 3. The molecule has 0 spiro atoms. The molecule has 0 bridgehead atoms. The summed E-state index contributed by atoms with van der Waals surface area (Å²) in [6.45, 7) is 4.00. The lowest BCUT2D eigenvalue weighted by Crippen LogP contribution is -2.19. The van der Waals surface area contributed by atoms with Gasteiger partial charge in [-0.3, -0.25) is 4.79 Å². The zero-order valence-electron chi connectivity index (χ0n) is 15.3. The second kappa shape index (κ2) is 7.88. The summed E-state index contributed by atoms with van der Waals surface area (Å²) in [4.78, 5) is 24.7. The highest BCUT2D eigenvalue weighted by Crippen LogP contribution is 2.23. The van der Waals surface area contributed by atoms with Crippen molar-refractivity contribution in [2.75, 3.05) is 23.3 Å². The summed E-state index contributed by atoms with van der Waals surface area (Å²) in [6.07, 6.45) is 4.91. The molecule has 1 aliphatic rings. The third kappa shape index (κ3) is 4.17. The first kappa shape index (κ1) is 17.7. The van der Waals surface area contributed by atoms with Gasteiger partial charge in [-0.05, 0) is 37.5 Å². The highest BCUT2D eigenvalue weighted by molar-refractivity contribution is 7.14. The molecular formula is C21H22N4OS. The molecule has 4 rings (SSSR count). The van der Waals surface area contributed by atoms with Crippen LogP contribution in [0, 0.1) is 6.92 Å². The molecule has 1 N–H and O–H groups in total. The van der Waals surface area contributed by atoms with Gasteiger partial charge in [-0.2, -0.15) is 0 Å². The number of pyridine rings is 1. The van der Waals surface area contributed by atoms with Gasteiger partial charge in [-0.25, -0.2) is 9.97 Å². The van der Waals surface area contributed by atoms with Gasteiger partial charge in [0.2, 0.25) is 0 Å². The van der Waals surface area contributed by atoms with Crippen LogP contribution in [0.5, 0.6) is 0 Å². The van der Waals surface area contributed by atoms with Crippen molar-refractivity contribution in [2.45, 2.75) is 26.2 Å². The summed E-state index contributed by atoms with van der Waals surface area (Å²) in [7, 11) is 0. The molecule has 1 aliphatic heterocycles. The third-order valence-electron chi connectivity index (χ3n) is 4.68. The summed E-state index contributed by atoms with van der Waals surface area (Å²) < 4.78 is 0. The molecule has 3 aromatic rings. The molecule has 1 amide bonds. The number of hydrogen-bond donors (Lipinski definition) is 1. The van der Waals surface area contributed by atoms with E-state index in [0.717, 1.165) is 36.0 Å². The van der Waals surface area contributed by atoms with Crippen LogP contribution in [0.2, 0.25) is 0 Å². The molecule has 0 aliphatic carbocycles. The highest BCUT2D eigenvalue weighted by Gasteiger charge is 2.17. The first-order chi connectivity index (χ1) is 13.2. The number of carbonyl (C=O) groups excluding carboxylic acids is 1. The molecule has 1 saturated heterocycles. The summed E-state index contributed by atoms with van der Waals surface area (Å²) in [5.41, 5.74) is 2.67. The van der Waals surface area contributed by atoms with Crippen molar-refractivity contribution in [1.29, 1.82) is 0 Å². The van der Waals surface area contributed by atoms with Crippen molar-refractivity contribution in [2.24, 2.45) is 0 Å². The monoisotopic (exact) mass is 378 g/mol. The van der Waals surface area contributed by atoms with E-state index in [1.54, 1.807) is 6.20 Å². The molecule has 0 unspecified atom stereocenters. The summed E-state index contributed by atoms with van der Waals surface area (Å²) >= 11 is 1.45. The Hall–Kier alpha value is -2.73. The van der Waals surface area contributed by atoms with Crippen molar-refractivity contribution in [3.8, 4) is 0 Å². The average Bonchev–Trinajstić information content (AvgIpc) is 3.33.